The van der Waals surface area contributed by atoms with Gasteiger partial charge in [-0.25, -0.2) is 0 Å². The first-order valence-corrected chi connectivity index (χ1v) is 7.42. The van der Waals surface area contributed by atoms with Crippen LogP contribution in [0.15, 0.2) is 24.3 Å². The van der Waals surface area contributed by atoms with Crippen molar-refractivity contribution >= 4 is 0 Å². The van der Waals surface area contributed by atoms with Crippen molar-refractivity contribution in [1.82, 2.24) is 4.90 Å². The summed E-state index contributed by atoms with van der Waals surface area (Å²) in [4.78, 5) is 2.47. The lowest BCUT2D eigenvalue weighted by Crippen LogP contribution is -2.40. The molecule has 3 heteroatoms. The number of piperidine rings is 1. The Bertz CT molecular complexity index is 369. The summed E-state index contributed by atoms with van der Waals surface area (Å²) in [6, 6.07) is 9.17. The Morgan fingerprint density at radius 1 is 1.26 bits per heavy atom. The van der Waals surface area contributed by atoms with Crippen LogP contribution in [-0.2, 0) is 6.42 Å². The maximum atomic E-state index is 9.20. The number of benzene rings is 1. The molecule has 0 bridgehead atoms. The smallest absolute Gasteiger partial charge is 0.0470 e. The maximum absolute atomic E-state index is 9.20. The van der Waals surface area contributed by atoms with E-state index in [1.54, 1.807) is 0 Å². The van der Waals surface area contributed by atoms with E-state index in [1.165, 1.54) is 11.1 Å². The van der Waals surface area contributed by atoms with Crippen molar-refractivity contribution in [2.24, 2.45) is 11.7 Å². The van der Waals surface area contributed by atoms with Gasteiger partial charge in [0.1, 0.15) is 0 Å². The number of aliphatic hydroxyl groups is 1. The third-order valence-corrected chi connectivity index (χ3v) is 4.34. The third-order valence-electron chi connectivity index (χ3n) is 4.34. The van der Waals surface area contributed by atoms with Crippen LogP contribution in [0, 0.1) is 5.92 Å². The first kappa shape index (κ1) is 14.5. The first-order valence-electron chi connectivity index (χ1n) is 7.42. The molecule has 1 aromatic carbocycles. The number of hydrogen-bond acceptors (Lipinski definition) is 3. The summed E-state index contributed by atoms with van der Waals surface area (Å²) in [5.74, 6) is 0.483. The van der Waals surface area contributed by atoms with Gasteiger partial charge in [-0.1, -0.05) is 31.2 Å². The molecular weight excluding hydrogens is 236 g/mol. The van der Waals surface area contributed by atoms with Crippen molar-refractivity contribution in [3.63, 3.8) is 0 Å². The summed E-state index contributed by atoms with van der Waals surface area (Å²) < 4.78 is 0. The van der Waals surface area contributed by atoms with Crippen LogP contribution in [0.1, 0.15) is 36.9 Å². The Morgan fingerprint density at radius 2 is 1.89 bits per heavy atom. The Kier molecular flexibility index (Phi) is 5.37. The lowest BCUT2D eigenvalue weighted by atomic mass is 9.94. The molecule has 0 spiro atoms. The van der Waals surface area contributed by atoms with Gasteiger partial charge in [0.2, 0.25) is 0 Å². The van der Waals surface area contributed by atoms with Crippen molar-refractivity contribution in [3.8, 4) is 0 Å². The first-order chi connectivity index (χ1) is 9.28. The summed E-state index contributed by atoms with van der Waals surface area (Å²) in [6.45, 7) is 5.25. The zero-order valence-corrected chi connectivity index (χ0v) is 11.9. The molecule has 3 N–H and O–H groups in total. The van der Waals surface area contributed by atoms with Gasteiger partial charge in [0, 0.05) is 19.2 Å². The Hall–Kier alpha value is -0.900. The summed E-state index contributed by atoms with van der Waals surface area (Å²) >= 11 is 0. The Morgan fingerprint density at radius 3 is 2.37 bits per heavy atom. The Labute approximate surface area is 116 Å². The van der Waals surface area contributed by atoms with Gasteiger partial charge >= 0.3 is 0 Å². The van der Waals surface area contributed by atoms with Gasteiger partial charge < -0.3 is 10.8 Å². The minimum atomic E-state index is 0.325. The molecule has 106 valence electrons. The van der Waals surface area contributed by atoms with Crippen molar-refractivity contribution in [1.29, 1.82) is 0 Å². The number of aliphatic hydroxyl groups excluding tert-OH is 1. The fourth-order valence-electron chi connectivity index (χ4n) is 2.92. The summed E-state index contributed by atoms with van der Waals surface area (Å²) in [7, 11) is 0. The second-order valence-electron chi connectivity index (χ2n) is 5.51. The number of aryl methyl sites for hydroxylation is 1. The van der Waals surface area contributed by atoms with E-state index >= 15 is 0 Å². The van der Waals surface area contributed by atoms with Crippen LogP contribution in [0.2, 0.25) is 0 Å². The number of nitrogens with zero attached hydrogens (tertiary/aromatic N) is 1. The second kappa shape index (κ2) is 7.04. The van der Waals surface area contributed by atoms with Crippen LogP contribution in [0.25, 0.3) is 0 Å². The van der Waals surface area contributed by atoms with Crippen molar-refractivity contribution in [2.75, 3.05) is 26.2 Å². The quantitative estimate of drug-likeness (QED) is 0.853. The van der Waals surface area contributed by atoms with Gasteiger partial charge in [0.15, 0.2) is 0 Å². The predicted molar refractivity (Wildman–Crippen MR) is 79.0 cm³/mol. The lowest BCUT2D eigenvalue weighted by Gasteiger charge is -2.37. The largest absolute Gasteiger partial charge is 0.396 e. The molecule has 2 rings (SSSR count). The zero-order valence-electron chi connectivity index (χ0n) is 11.9. The van der Waals surface area contributed by atoms with Crippen molar-refractivity contribution < 1.29 is 5.11 Å². The van der Waals surface area contributed by atoms with Gasteiger partial charge in [0.25, 0.3) is 0 Å². The number of nitrogens with two attached hydrogens (primary N) is 1. The monoisotopic (exact) mass is 262 g/mol. The van der Waals surface area contributed by atoms with E-state index in [2.05, 4.69) is 36.1 Å². The topological polar surface area (TPSA) is 49.5 Å². The van der Waals surface area contributed by atoms with E-state index in [0.29, 0.717) is 25.1 Å². The van der Waals surface area contributed by atoms with Gasteiger partial charge in [-0.2, -0.15) is 0 Å². The molecular formula is C16H26N2O. The summed E-state index contributed by atoms with van der Waals surface area (Å²) in [5.41, 5.74) is 8.68. The zero-order chi connectivity index (χ0) is 13.7. The molecule has 1 unspecified atom stereocenters. The molecule has 1 aliphatic rings. The molecule has 0 aromatic heterocycles. The van der Waals surface area contributed by atoms with E-state index in [0.717, 1.165) is 32.4 Å². The van der Waals surface area contributed by atoms with Gasteiger partial charge in [-0.05, 0) is 49.4 Å². The lowest BCUT2D eigenvalue weighted by molar-refractivity contribution is 0.102. The molecule has 1 fully saturated rings. The molecule has 3 nitrogen and oxygen atoms in total. The normalized spacial score (nSPS) is 19.5. The number of hydrogen-bond donors (Lipinski definition) is 2. The molecule has 1 aromatic rings. The molecule has 0 aliphatic carbocycles. The van der Waals surface area contributed by atoms with Gasteiger partial charge in [-0.3, -0.25) is 4.90 Å². The van der Waals surface area contributed by atoms with Crippen molar-refractivity contribution in [2.45, 2.75) is 32.2 Å². The fourth-order valence-corrected chi connectivity index (χ4v) is 2.92. The highest BCUT2D eigenvalue weighted by atomic mass is 16.3. The van der Waals surface area contributed by atoms with Crippen LogP contribution in [-0.4, -0.2) is 36.2 Å². The number of likely N-dealkylation sites (tertiary alicyclic amines) is 1. The molecule has 0 saturated carbocycles. The molecule has 1 heterocycles. The maximum Gasteiger partial charge on any atom is 0.0470 e. The highest BCUT2D eigenvalue weighted by Gasteiger charge is 2.24. The van der Waals surface area contributed by atoms with Gasteiger partial charge in [0.05, 0.1) is 0 Å². The van der Waals surface area contributed by atoms with E-state index in [1.807, 2.05) is 0 Å². The van der Waals surface area contributed by atoms with Crippen LogP contribution < -0.4 is 5.73 Å². The van der Waals surface area contributed by atoms with Crippen molar-refractivity contribution in [3.05, 3.63) is 35.4 Å². The van der Waals surface area contributed by atoms with Gasteiger partial charge in [-0.15, -0.1) is 0 Å². The average molecular weight is 262 g/mol. The SMILES string of the molecule is CCc1ccc(C(CN)N2CCC(CO)CC2)cc1. The Balaban J connectivity index is 2.03. The van der Waals surface area contributed by atoms with Crippen LogP contribution in [0.5, 0.6) is 0 Å². The average Bonchev–Trinajstić information content (AvgIpc) is 2.49. The third kappa shape index (κ3) is 3.56. The second-order valence-corrected chi connectivity index (χ2v) is 5.51. The molecule has 0 radical (unpaired) electrons. The van der Waals surface area contributed by atoms with E-state index in [9.17, 15) is 5.11 Å². The van der Waals surface area contributed by atoms with E-state index < -0.39 is 0 Å². The summed E-state index contributed by atoms with van der Waals surface area (Å²) in [6.07, 6.45) is 3.25. The van der Waals surface area contributed by atoms with Crippen LogP contribution in [0.3, 0.4) is 0 Å². The minimum Gasteiger partial charge on any atom is -0.396 e. The molecule has 19 heavy (non-hydrogen) atoms. The summed E-state index contributed by atoms with van der Waals surface area (Å²) in [5, 5.41) is 9.20. The van der Waals surface area contributed by atoms with E-state index in [4.69, 9.17) is 5.73 Å². The highest BCUT2D eigenvalue weighted by Crippen LogP contribution is 2.26. The minimum absolute atomic E-state index is 0.325. The standard InChI is InChI=1S/C16H26N2O/c1-2-13-3-5-15(6-4-13)16(11-17)18-9-7-14(12-19)8-10-18/h3-6,14,16,19H,2,7-12,17H2,1H3. The predicted octanol–water partition coefficient (Wildman–Crippen LogP) is 1.95. The molecule has 0 amide bonds. The molecule has 1 saturated heterocycles. The van der Waals surface area contributed by atoms with Crippen LogP contribution >= 0.6 is 0 Å². The fraction of sp³-hybridized carbons (Fsp3) is 0.625. The van der Waals surface area contributed by atoms with Crippen LogP contribution in [0.4, 0.5) is 0 Å². The number of rotatable bonds is 5. The molecule has 1 aliphatic heterocycles. The van der Waals surface area contributed by atoms with E-state index in [-0.39, 0.29) is 0 Å². The molecule has 1 atom stereocenters. The highest BCUT2D eigenvalue weighted by molar-refractivity contribution is 5.25.